The Morgan fingerprint density at radius 3 is 2.73 bits per heavy atom. The second kappa shape index (κ2) is 7.81. The molecule has 5 rings (SSSR count). The molecule has 8 nitrogen and oxygen atoms in total. The zero-order valence-electron chi connectivity index (χ0n) is 16.8. The lowest BCUT2D eigenvalue weighted by atomic mass is 10.1. The van der Waals surface area contributed by atoms with E-state index in [4.69, 9.17) is 9.84 Å². The van der Waals surface area contributed by atoms with Crippen LogP contribution < -0.4 is 10.2 Å². The van der Waals surface area contributed by atoms with E-state index in [1.165, 1.54) is 4.90 Å². The summed E-state index contributed by atoms with van der Waals surface area (Å²) in [5, 5.41) is 18.6. The van der Waals surface area contributed by atoms with Gasteiger partial charge in [-0.15, -0.1) is 10.2 Å². The van der Waals surface area contributed by atoms with E-state index in [1.54, 1.807) is 4.52 Å². The maximum absolute atomic E-state index is 12.5. The maximum Gasteiger partial charge on any atom is 0.279 e. The number of aromatic nitrogens is 4. The Kier molecular flexibility index (Phi) is 4.86. The zero-order valence-corrected chi connectivity index (χ0v) is 16.8. The van der Waals surface area contributed by atoms with E-state index in [2.05, 4.69) is 15.5 Å². The number of benzene rings is 2. The number of rotatable bonds is 4. The fourth-order valence-corrected chi connectivity index (χ4v) is 3.93. The van der Waals surface area contributed by atoms with Gasteiger partial charge in [0.1, 0.15) is 13.1 Å². The highest BCUT2D eigenvalue weighted by Gasteiger charge is 2.18. The van der Waals surface area contributed by atoms with Crippen molar-refractivity contribution < 1.29 is 14.4 Å². The van der Waals surface area contributed by atoms with Crippen LogP contribution in [0, 0.1) is 6.92 Å². The minimum atomic E-state index is -0.00452. The molecule has 1 fully saturated rings. The lowest BCUT2D eigenvalue weighted by Gasteiger charge is -2.23. The van der Waals surface area contributed by atoms with Gasteiger partial charge >= 0.3 is 0 Å². The van der Waals surface area contributed by atoms with Gasteiger partial charge in [0.15, 0.2) is 18.0 Å². The number of carbonyl (C=O) groups is 1. The van der Waals surface area contributed by atoms with E-state index in [0.29, 0.717) is 25.6 Å². The van der Waals surface area contributed by atoms with Crippen molar-refractivity contribution in [3.05, 3.63) is 54.2 Å². The second-order valence-electron chi connectivity index (χ2n) is 7.56. The molecule has 30 heavy (non-hydrogen) atoms. The van der Waals surface area contributed by atoms with E-state index < -0.39 is 0 Å². The minimum absolute atomic E-state index is 0.00452. The van der Waals surface area contributed by atoms with Gasteiger partial charge in [0.2, 0.25) is 0 Å². The molecule has 4 aromatic rings. The number of anilines is 1. The smallest absolute Gasteiger partial charge is 0.279 e. The number of aryl methyl sites for hydroxylation is 1. The van der Waals surface area contributed by atoms with E-state index in [9.17, 15) is 4.79 Å². The van der Waals surface area contributed by atoms with Crippen LogP contribution in [-0.4, -0.2) is 58.6 Å². The van der Waals surface area contributed by atoms with E-state index in [-0.39, 0.29) is 5.91 Å². The van der Waals surface area contributed by atoms with Gasteiger partial charge in [-0.1, -0.05) is 36.4 Å². The van der Waals surface area contributed by atoms with Crippen LogP contribution in [-0.2, 0) is 9.53 Å². The summed E-state index contributed by atoms with van der Waals surface area (Å²) in [5.74, 6) is 0.642. The quantitative estimate of drug-likeness (QED) is 0.533. The average Bonchev–Trinajstić information content (AvgIpc) is 3.19. The maximum atomic E-state index is 12.5. The Hall–Kier alpha value is -3.36. The third kappa shape index (κ3) is 3.51. The Balaban J connectivity index is 1.44. The highest BCUT2D eigenvalue weighted by atomic mass is 16.5. The van der Waals surface area contributed by atoms with E-state index in [1.807, 2.05) is 55.5 Å². The summed E-state index contributed by atoms with van der Waals surface area (Å²) in [6, 6.07) is 15.7. The van der Waals surface area contributed by atoms with Gasteiger partial charge < -0.3 is 15.0 Å². The van der Waals surface area contributed by atoms with Crippen molar-refractivity contribution in [1.29, 1.82) is 0 Å². The fraction of sp³-hybridized carbons (Fsp3) is 0.273. The van der Waals surface area contributed by atoms with Crippen molar-refractivity contribution in [2.24, 2.45) is 0 Å². The minimum Gasteiger partial charge on any atom is -0.370 e. The number of ether oxygens (including phenoxy) is 1. The molecule has 0 atom stereocenters. The molecule has 152 valence electrons. The normalized spacial score (nSPS) is 15.0. The lowest BCUT2D eigenvalue weighted by molar-refractivity contribution is -0.899. The van der Waals surface area contributed by atoms with Crippen LogP contribution in [0.4, 0.5) is 5.69 Å². The number of hydrogen-bond acceptors (Lipinski definition) is 5. The van der Waals surface area contributed by atoms with E-state index in [0.717, 1.165) is 46.5 Å². The number of nitrogens with one attached hydrogen (secondary N) is 2. The first kappa shape index (κ1) is 18.7. The molecule has 0 unspecified atom stereocenters. The summed E-state index contributed by atoms with van der Waals surface area (Å²) in [4.78, 5) is 13.7. The van der Waals surface area contributed by atoms with Crippen LogP contribution in [0.15, 0.2) is 48.5 Å². The van der Waals surface area contributed by atoms with Gasteiger partial charge in [0.05, 0.1) is 18.9 Å². The molecule has 2 aromatic heterocycles. The summed E-state index contributed by atoms with van der Waals surface area (Å²) in [6.07, 6.45) is 0. The van der Waals surface area contributed by atoms with Crippen LogP contribution in [0.25, 0.3) is 27.8 Å². The molecule has 2 aromatic carbocycles. The van der Waals surface area contributed by atoms with Gasteiger partial charge in [0, 0.05) is 22.0 Å². The first-order chi connectivity index (χ1) is 14.7. The van der Waals surface area contributed by atoms with Crippen LogP contribution in [0.2, 0.25) is 0 Å². The Morgan fingerprint density at radius 2 is 1.90 bits per heavy atom. The molecule has 1 amide bonds. The molecule has 1 saturated heterocycles. The molecular formula is C22H23N6O2+. The van der Waals surface area contributed by atoms with Crippen molar-refractivity contribution in [3.63, 3.8) is 0 Å². The molecule has 0 saturated carbocycles. The topological polar surface area (TPSA) is 85.8 Å². The zero-order chi connectivity index (χ0) is 20.5. The predicted molar refractivity (Wildman–Crippen MR) is 113 cm³/mol. The predicted octanol–water partition coefficient (Wildman–Crippen LogP) is 1.11. The van der Waals surface area contributed by atoms with Gasteiger partial charge in [-0.3, -0.25) is 4.79 Å². The van der Waals surface area contributed by atoms with Crippen LogP contribution in [0.5, 0.6) is 0 Å². The van der Waals surface area contributed by atoms with Crippen LogP contribution >= 0.6 is 0 Å². The molecule has 0 aliphatic carbocycles. The standard InChI is InChI=1S/C22H22N6O2/c1-15-18-7-2-3-8-19(18)22-25-24-21(28(22)26-15)16-5-4-6-17(13-16)23-20(29)14-27-9-11-30-12-10-27/h2-8,13H,9-12,14H2,1H3,(H,23,29)/p+1. The largest absolute Gasteiger partial charge is 0.370 e. The Morgan fingerprint density at radius 1 is 1.10 bits per heavy atom. The number of quaternary nitrogens is 1. The molecule has 0 spiro atoms. The van der Waals surface area contributed by atoms with Crippen LogP contribution in [0.3, 0.4) is 0 Å². The third-order valence-corrected chi connectivity index (χ3v) is 5.46. The highest BCUT2D eigenvalue weighted by Crippen LogP contribution is 2.26. The number of morpholine rings is 1. The SMILES string of the molecule is Cc1nn2c(-c3cccc(NC(=O)C[NH+]4CCOCC4)c3)nnc2c2ccccc12. The summed E-state index contributed by atoms with van der Waals surface area (Å²) in [5.41, 5.74) is 3.22. The molecular weight excluding hydrogens is 380 g/mol. The summed E-state index contributed by atoms with van der Waals surface area (Å²) < 4.78 is 7.13. The number of amides is 1. The Labute approximate surface area is 173 Å². The lowest BCUT2D eigenvalue weighted by Crippen LogP contribution is -3.15. The summed E-state index contributed by atoms with van der Waals surface area (Å²) in [6.45, 7) is 5.55. The number of carbonyl (C=O) groups excluding carboxylic acids is 1. The molecule has 8 heteroatoms. The molecule has 0 bridgehead atoms. The number of hydrogen-bond donors (Lipinski definition) is 2. The van der Waals surface area contributed by atoms with Gasteiger partial charge in [-0.05, 0) is 19.1 Å². The number of nitrogens with zero attached hydrogens (tertiary/aromatic N) is 4. The second-order valence-corrected chi connectivity index (χ2v) is 7.56. The van der Waals surface area contributed by atoms with Crippen molar-refractivity contribution in [2.45, 2.75) is 6.92 Å². The van der Waals surface area contributed by atoms with Crippen molar-refractivity contribution in [1.82, 2.24) is 19.8 Å². The fourth-order valence-electron chi connectivity index (χ4n) is 3.93. The van der Waals surface area contributed by atoms with Crippen molar-refractivity contribution >= 4 is 28.0 Å². The molecule has 2 N–H and O–H groups in total. The summed E-state index contributed by atoms with van der Waals surface area (Å²) >= 11 is 0. The molecule has 1 aliphatic rings. The first-order valence-corrected chi connectivity index (χ1v) is 10.1. The van der Waals surface area contributed by atoms with E-state index >= 15 is 0 Å². The Bertz CT molecular complexity index is 1230. The number of fused-ring (bicyclic) bond motifs is 3. The van der Waals surface area contributed by atoms with Crippen molar-refractivity contribution in [2.75, 3.05) is 38.2 Å². The molecule has 1 aliphatic heterocycles. The summed E-state index contributed by atoms with van der Waals surface area (Å²) in [7, 11) is 0. The van der Waals surface area contributed by atoms with Gasteiger partial charge in [-0.2, -0.15) is 9.61 Å². The third-order valence-electron chi connectivity index (χ3n) is 5.46. The average molecular weight is 403 g/mol. The van der Waals surface area contributed by atoms with Crippen molar-refractivity contribution in [3.8, 4) is 11.4 Å². The van der Waals surface area contributed by atoms with Gasteiger partial charge in [0.25, 0.3) is 5.91 Å². The first-order valence-electron chi connectivity index (χ1n) is 10.1. The van der Waals surface area contributed by atoms with Crippen LogP contribution in [0.1, 0.15) is 5.69 Å². The highest BCUT2D eigenvalue weighted by molar-refractivity contribution is 5.95. The monoisotopic (exact) mass is 403 g/mol. The molecule has 3 heterocycles. The molecule has 0 radical (unpaired) electrons. The van der Waals surface area contributed by atoms with Gasteiger partial charge in [-0.25, -0.2) is 0 Å².